The number of hydrazone groups is 1. The molecule has 2 amide bonds. The number of benzene rings is 3. The first-order chi connectivity index (χ1) is 22.6. The number of nitrogens with one attached hydrogen (secondary N) is 2. The summed E-state index contributed by atoms with van der Waals surface area (Å²) in [6.07, 6.45) is 1.23. The molecule has 0 bridgehead atoms. The quantitative estimate of drug-likeness (QED) is 0.0806. The average Bonchev–Trinajstić information content (AvgIpc) is 3.66. The Morgan fingerprint density at radius 2 is 1.66 bits per heavy atom. The van der Waals surface area contributed by atoms with Crippen molar-refractivity contribution in [1.29, 1.82) is 0 Å². The van der Waals surface area contributed by atoms with Gasteiger partial charge in [-0.1, -0.05) is 17.7 Å². The summed E-state index contributed by atoms with van der Waals surface area (Å²) >= 11 is 3.26. The predicted octanol–water partition coefficient (Wildman–Crippen LogP) is 7.03. The molecule has 0 aliphatic rings. The molecule has 0 radical (unpaired) electrons. The summed E-state index contributed by atoms with van der Waals surface area (Å²) < 4.78 is 19.3. The number of nitrogens with zero attached hydrogens (tertiary/aromatic N) is 3. The van der Waals surface area contributed by atoms with Crippen molar-refractivity contribution < 1.29 is 28.4 Å². The lowest BCUT2D eigenvalue weighted by Gasteiger charge is -2.10. The fourth-order valence-corrected chi connectivity index (χ4v) is 5.23. The molecule has 0 spiro atoms. The minimum atomic E-state index is -0.640. The van der Waals surface area contributed by atoms with E-state index in [1.165, 1.54) is 24.4 Å². The summed E-state index contributed by atoms with van der Waals surface area (Å²) in [6.45, 7) is 5.67. The second-order valence-corrected chi connectivity index (χ2v) is 11.4. The van der Waals surface area contributed by atoms with E-state index in [0.717, 1.165) is 22.6 Å². The van der Waals surface area contributed by atoms with Crippen LogP contribution in [0.2, 0.25) is 0 Å². The monoisotopic (exact) mass is 699 g/mol. The fraction of sp³-hybridized carbons (Fsp3) is 0.147. The van der Waals surface area contributed by atoms with Gasteiger partial charge in [-0.15, -0.1) is 0 Å². The number of anilines is 1. The van der Waals surface area contributed by atoms with Crippen molar-refractivity contribution in [3.05, 3.63) is 134 Å². The van der Waals surface area contributed by atoms with Crippen LogP contribution in [0.15, 0.2) is 98.9 Å². The first-order valence-electron chi connectivity index (χ1n) is 14.3. The van der Waals surface area contributed by atoms with E-state index in [4.69, 9.17) is 13.9 Å². The number of halogens is 1. The minimum absolute atomic E-state index is 0.00878. The van der Waals surface area contributed by atoms with Crippen molar-refractivity contribution in [2.75, 3.05) is 11.9 Å². The lowest BCUT2D eigenvalue weighted by Crippen LogP contribution is -2.20. The molecule has 0 saturated heterocycles. The molecular formula is C34H30BrN5O7. The van der Waals surface area contributed by atoms with Gasteiger partial charge < -0.3 is 23.8 Å². The molecule has 47 heavy (non-hydrogen) atoms. The number of hydrogen-bond donors (Lipinski definition) is 2. The normalized spacial score (nSPS) is 11.0. The molecular weight excluding hydrogens is 670 g/mol. The number of carbonyl (C=O) groups is 2. The first-order valence-corrected chi connectivity index (χ1v) is 15.1. The first kappa shape index (κ1) is 32.7. The van der Waals surface area contributed by atoms with Gasteiger partial charge in [0.2, 0.25) is 5.75 Å². The van der Waals surface area contributed by atoms with Crippen LogP contribution in [-0.4, -0.2) is 34.1 Å². The van der Waals surface area contributed by atoms with Crippen LogP contribution in [0.3, 0.4) is 0 Å². The zero-order valence-electron chi connectivity index (χ0n) is 25.7. The number of aromatic nitrogens is 1. The van der Waals surface area contributed by atoms with E-state index < -0.39 is 29.0 Å². The smallest absolute Gasteiger partial charge is 0.312 e. The van der Waals surface area contributed by atoms with Crippen LogP contribution in [0, 0.1) is 30.9 Å². The predicted molar refractivity (Wildman–Crippen MR) is 179 cm³/mol. The van der Waals surface area contributed by atoms with Crippen LogP contribution < -0.4 is 20.2 Å². The van der Waals surface area contributed by atoms with Gasteiger partial charge >= 0.3 is 11.6 Å². The molecule has 2 heterocycles. The summed E-state index contributed by atoms with van der Waals surface area (Å²) in [4.78, 5) is 36.0. The molecule has 5 rings (SSSR count). The van der Waals surface area contributed by atoms with Crippen molar-refractivity contribution in [2.45, 2.75) is 27.4 Å². The third-order valence-corrected chi connectivity index (χ3v) is 7.53. The second kappa shape index (κ2) is 14.6. The molecule has 240 valence electrons. The summed E-state index contributed by atoms with van der Waals surface area (Å²) in [5.41, 5.74) is 7.15. The highest BCUT2D eigenvalue weighted by Crippen LogP contribution is 2.36. The van der Waals surface area contributed by atoms with E-state index in [1.807, 2.05) is 57.2 Å². The number of aryl methyl sites for hydroxylation is 3. The average molecular weight is 701 g/mol. The van der Waals surface area contributed by atoms with Gasteiger partial charge in [0.1, 0.15) is 18.1 Å². The standard InChI is InChI=1S/C34H30BrN5O7/c1-21-4-8-25(9-5-21)37-32(41)20-46-33-29(35)16-24(17-30(33)40(43)44)18-36-38-34(42)31-15-14-28(47-31)19-45-27-12-10-26(11-13-27)39-22(2)6-7-23(39)3/h4-18H,19-20H2,1-3H3,(H,37,41)(H,38,42)/b36-18+. The van der Waals surface area contributed by atoms with E-state index in [2.05, 4.69) is 48.5 Å². The molecule has 3 aromatic carbocycles. The molecule has 0 fully saturated rings. The van der Waals surface area contributed by atoms with Gasteiger partial charge in [-0.25, -0.2) is 5.43 Å². The second-order valence-electron chi connectivity index (χ2n) is 10.5. The third-order valence-electron chi connectivity index (χ3n) is 6.94. The van der Waals surface area contributed by atoms with Crippen molar-refractivity contribution >= 4 is 45.3 Å². The Hall–Kier alpha value is -5.69. The maximum Gasteiger partial charge on any atom is 0.312 e. The van der Waals surface area contributed by atoms with Crippen LogP contribution in [0.25, 0.3) is 5.69 Å². The number of carbonyl (C=O) groups excluding carboxylic acids is 2. The summed E-state index contributed by atoms with van der Waals surface area (Å²) in [7, 11) is 0. The number of rotatable bonds is 12. The molecule has 12 nitrogen and oxygen atoms in total. The van der Waals surface area contributed by atoms with Gasteiger partial charge in [-0.3, -0.25) is 19.7 Å². The minimum Gasteiger partial charge on any atom is -0.486 e. The topological polar surface area (TPSA) is 150 Å². The van der Waals surface area contributed by atoms with E-state index in [9.17, 15) is 19.7 Å². The Morgan fingerprint density at radius 3 is 2.34 bits per heavy atom. The third kappa shape index (κ3) is 8.32. The van der Waals surface area contributed by atoms with Gasteiger partial charge in [0.05, 0.1) is 15.6 Å². The maximum absolute atomic E-state index is 12.6. The van der Waals surface area contributed by atoms with Gasteiger partial charge in [0, 0.05) is 34.4 Å². The number of ether oxygens (including phenoxy) is 2. The molecule has 0 unspecified atom stereocenters. The zero-order chi connectivity index (χ0) is 33.5. The van der Waals surface area contributed by atoms with Crippen molar-refractivity contribution in [1.82, 2.24) is 9.99 Å². The lowest BCUT2D eigenvalue weighted by molar-refractivity contribution is -0.385. The highest BCUT2D eigenvalue weighted by Gasteiger charge is 2.21. The van der Waals surface area contributed by atoms with Crippen LogP contribution in [0.5, 0.6) is 11.5 Å². The zero-order valence-corrected chi connectivity index (χ0v) is 27.2. The number of nitro benzene ring substituents is 1. The van der Waals surface area contributed by atoms with Gasteiger partial charge in [-0.05, 0) is 103 Å². The Labute approximate surface area is 278 Å². The van der Waals surface area contributed by atoms with Gasteiger partial charge in [0.25, 0.3) is 5.91 Å². The fourth-order valence-electron chi connectivity index (χ4n) is 4.64. The Kier molecular flexibility index (Phi) is 10.2. The Morgan fingerprint density at radius 1 is 0.957 bits per heavy atom. The summed E-state index contributed by atoms with van der Waals surface area (Å²) in [6, 6.07) is 24.8. The largest absolute Gasteiger partial charge is 0.486 e. The van der Waals surface area contributed by atoms with Crippen LogP contribution in [0.4, 0.5) is 11.4 Å². The van der Waals surface area contributed by atoms with Crippen LogP contribution in [-0.2, 0) is 11.4 Å². The highest BCUT2D eigenvalue weighted by atomic mass is 79.9. The molecule has 0 aliphatic carbocycles. The molecule has 0 aliphatic heterocycles. The van der Waals surface area contributed by atoms with E-state index in [0.29, 0.717) is 22.8 Å². The highest BCUT2D eigenvalue weighted by molar-refractivity contribution is 9.10. The Balaban J connectivity index is 1.14. The van der Waals surface area contributed by atoms with Gasteiger partial charge in [0.15, 0.2) is 12.4 Å². The molecule has 2 aromatic heterocycles. The van der Waals surface area contributed by atoms with Crippen molar-refractivity contribution in [3.63, 3.8) is 0 Å². The number of nitro groups is 1. The van der Waals surface area contributed by atoms with E-state index in [1.54, 1.807) is 18.2 Å². The van der Waals surface area contributed by atoms with Gasteiger partial charge in [-0.2, -0.15) is 5.10 Å². The molecule has 2 N–H and O–H groups in total. The SMILES string of the molecule is Cc1ccc(NC(=O)COc2c(Br)cc(/C=N/NC(=O)c3ccc(COc4ccc(-n5c(C)ccc5C)cc4)o3)cc2[N+](=O)[O-])cc1. The van der Waals surface area contributed by atoms with Crippen LogP contribution in [0.1, 0.15) is 38.8 Å². The molecule has 0 saturated carbocycles. The Bertz CT molecular complexity index is 1930. The summed E-state index contributed by atoms with van der Waals surface area (Å²) in [5.74, 6) is -0.142. The molecule has 13 heteroatoms. The maximum atomic E-state index is 12.6. The van der Waals surface area contributed by atoms with Crippen molar-refractivity contribution in [3.8, 4) is 17.2 Å². The number of amides is 2. The molecule has 0 atom stereocenters. The molecule has 5 aromatic rings. The van der Waals surface area contributed by atoms with Crippen LogP contribution >= 0.6 is 15.9 Å². The number of furan rings is 1. The summed E-state index contributed by atoms with van der Waals surface area (Å²) in [5, 5.41) is 18.3. The van der Waals surface area contributed by atoms with E-state index >= 15 is 0 Å². The van der Waals surface area contributed by atoms with Crippen molar-refractivity contribution in [2.24, 2.45) is 5.10 Å². The lowest BCUT2D eigenvalue weighted by atomic mass is 10.2. The number of hydrogen-bond acceptors (Lipinski definition) is 8. The van der Waals surface area contributed by atoms with E-state index in [-0.39, 0.29) is 22.6 Å².